The number of hydrogen-bond acceptors (Lipinski definition) is 6. The van der Waals surface area contributed by atoms with E-state index in [-0.39, 0.29) is 35.7 Å². The number of pyridine rings is 2. The highest BCUT2D eigenvalue weighted by molar-refractivity contribution is 6.31. The average molecular weight is 458 g/mol. The van der Waals surface area contributed by atoms with Gasteiger partial charge in [-0.25, -0.2) is 9.97 Å². The van der Waals surface area contributed by atoms with Crippen molar-refractivity contribution in [3.05, 3.63) is 46.2 Å². The number of aromatic nitrogens is 2. The maximum Gasteiger partial charge on any atom is 0.422 e. The van der Waals surface area contributed by atoms with Gasteiger partial charge in [-0.15, -0.1) is 0 Å². The van der Waals surface area contributed by atoms with Gasteiger partial charge in [-0.1, -0.05) is 11.6 Å². The Bertz CT molecular complexity index is 1020. The Morgan fingerprint density at radius 3 is 2.68 bits per heavy atom. The van der Waals surface area contributed by atoms with Crippen LogP contribution in [0.3, 0.4) is 0 Å². The lowest BCUT2D eigenvalue weighted by Crippen LogP contribution is -2.45. The van der Waals surface area contributed by atoms with Crippen molar-refractivity contribution in [1.29, 1.82) is 0 Å². The number of nitrogens with two attached hydrogens (primary N) is 1. The van der Waals surface area contributed by atoms with Gasteiger partial charge in [-0.2, -0.15) is 13.2 Å². The van der Waals surface area contributed by atoms with E-state index in [4.69, 9.17) is 17.3 Å². The van der Waals surface area contributed by atoms with Gasteiger partial charge in [0.2, 0.25) is 11.8 Å². The fraction of sp³-hybridized carbons (Fsp3) is 0.368. The van der Waals surface area contributed by atoms with Crippen LogP contribution in [0.25, 0.3) is 0 Å². The molecule has 0 saturated carbocycles. The van der Waals surface area contributed by atoms with E-state index in [9.17, 15) is 22.8 Å². The summed E-state index contributed by atoms with van der Waals surface area (Å²) in [5.74, 6) is -0.862. The van der Waals surface area contributed by atoms with E-state index in [2.05, 4.69) is 20.0 Å². The molecule has 31 heavy (non-hydrogen) atoms. The van der Waals surface area contributed by atoms with Crippen LogP contribution in [-0.2, 0) is 17.9 Å². The van der Waals surface area contributed by atoms with E-state index in [1.165, 1.54) is 23.4 Å². The minimum atomic E-state index is -4.52. The molecular weight excluding hydrogens is 439 g/mol. The predicted octanol–water partition coefficient (Wildman–Crippen LogP) is 2.90. The van der Waals surface area contributed by atoms with Crippen molar-refractivity contribution in [2.45, 2.75) is 38.7 Å². The molecule has 3 heterocycles. The van der Waals surface area contributed by atoms with Crippen LogP contribution in [0, 0.1) is 0 Å². The third kappa shape index (κ3) is 5.42. The smallest absolute Gasteiger partial charge is 0.422 e. The molecule has 0 aliphatic carbocycles. The molecule has 0 fully saturated rings. The number of rotatable bonds is 6. The van der Waals surface area contributed by atoms with Crippen LogP contribution in [0.1, 0.15) is 35.3 Å². The molecule has 1 aliphatic rings. The lowest BCUT2D eigenvalue weighted by molar-refractivity contribution is -0.154. The number of fused-ring (bicyclic) bond motifs is 1. The highest BCUT2D eigenvalue weighted by Gasteiger charge is 2.32. The molecule has 0 spiro atoms. The molecule has 8 nitrogen and oxygen atoms in total. The maximum atomic E-state index is 12.8. The summed E-state index contributed by atoms with van der Waals surface area (Å²) in [4.78, 5) is 34.4. The summed E-state index contributed by atoms with van der Waals surface area (Å²) in [5, 5.41) is 2.53. The summed E-state index contributed by atoms with van der Waals surface area (Å²) in [5.41, 5.74) is 6.07. The Morgan fingerprint density at radius 1 is 1.35 bits per heavy atom. The van der Waals surface area contributed by atoms with Gasteiger partial charge >= 0.3 is 6.18 Å². The van der Waals surface area contributed by atoms with Crippen LogP contribution in [0.2, 0.25) is 5.02 Å². The number of ether oxygens (including phenoxy) is 1. The molecule has 2 amide bonds. The molecular formula is C19H19ClF3N5O3. The summed E-state index contributed by atoms with van der Waals surface area (Å²) < 4.78 is 41.5. The Morgan fingerprint density at radius 2 is 2.06 bits per heavy atom. The molecule has 0 saturated heterocycles. The van der Waals surface area contributed by atoms with Crippen molar-refractivity contribution in [2.24, 2.45) is 5.73 Å². The Hall–Kier alpha value is -2.92. The van der Waals surface area contributed by atoms with Crippen LogP contribution in [0.15, 0.2) is 24.5 Å². The van der Waals surface area contributed by atoms with Crippen LogP contribution in [0.4, 0.5) is 19.0 Å². The molecule has 1 aliphatic heterocycles. The van der Waals surface area contributed by atoms with Gasteiger partial charge in [-0.3, -0.25) is 9.59 Å². The van der Waals surface area contributed by atoms with Crippen LogP contribution < -0.4 is 15.8 Å². The number of alkyl halides is 3. The molecule has 3 N–H and O–H groups in total. The highest BCUT2D eigenvalue weighted by atomic mass is 35.5. The summed E-state index contributed by atoms with van der Waals surface area (Å²) in [7, 11) is 0. The molecule has 12 heteroatoms. The molecule has 0 aromatic carbocycles. The molecule has 0 bridgehead atoms. The molecule has 3 rings (SSSR count). The first-order chi connectivity index (χ1) is 14.3. The standard InChI is InChI=1S/C19H19ClF3N5O3/c1-18(2,24)17(30)27-14-12-8-28(16(29)11(12)3-4-25-14)7-10-5-13(20)15(26-6-10)31-9-19(21,22)23/h3-6H,7-9,24H2,1-2H3,(H,25,27,30). The van der Waals surface area contributed by atoms with Crippen molar-refractivity contribution in [3.63, 3.8) is 0 Å². The van der Waals surface area contributed by atoms with E-state index in [0.29, 0.717) is 16.7 Å². The van der Waals surface area contributed by atoms with Gasteiger partial charge in [0.25, 0.3) is 5.91 Å². The van der Waals surface area contributed by atoms with Crippen molar-refractivity contribution >= 4 is 29.2 Å². The van der Waals surface area contributed by atoms with Gasteiger partial charge in [0.05, 0.1) is 12.1 Å². The number of carbonyl (C=O) groups excluding carboxylic acids is 2. The number of hydrogen-bond donors (Lipinski definition) is 2. The third-order valence-corrected chi connectivity index (χ3v) is 4.62. The first kappa shape index (κ1) is 22.8. The highest BCUT2D eigenvalue weighted by Crippen LogP contribution is 2.31. The second-order valence-electron chi connectivity index (χ2n) is 7.56. The quantitative estimate of drug-likeness (QED) is 0.690. The second-order valence-corrected chi connectivity index (χ2v) is 7.96. The predicted molar refractivity (Wildman–Crippen MR) is 106 cm³/mol. The fourth-order valence-electron chi connectivity index (χ4n) is 2.82. The zero-order valence-electron chi connectivity index (χ0n) is 16.6. The minimum Gasteiger partial charge on any atom is -0.467 e. The number of nitrogens with one attached hydrogen (secondary N) is 1. The number of halogens is 4. The summed E-state index contributed by atoms with van der Waals surface area (Å²) >= 11 is 5.97. The second kappa shape index (κ2) is 8.31. The van der Waals surface area contributed by atoms with Gasteiger partial charge in [0, 0.05) is 30.1 Å². The van der Waals surface area contributed by atoms with Gasteiger partial charge < -0.3 is 20.7 Å². The Balaban J connectivity index is 1.74. The molecule has 166 valence electrons. The summed E-state index contributed by atoms with van der Waals surface area (Å²) in [6, 6.07) is 2.93. The van der Waals surface area contributed by atoms with E-state index in [0.717, 1.165) is 0 Å². The monoisotopic (exact) mass is 457 g/mol. The van der Waals surface area contributed by atoms with Gasteiger partial charge in [0.15, 0.2) is 6.61 Å². The zero-order valence-corrected chi connectivity index (χ0v) is 17.3. The average Bonchev–Trinajstić information content (AvgIpc) is 2.96. The Labute approximate surface area is 180 Å². The minimum absolute atomic E-state index is 0.0928. The van der Waals surface area contributed by atoms with Crippen LogP contribution in [-0.4, -0.2) is 45.0 Å². The first-order valence-electron chi connectivity index (χ1n) is 9.06. The lowest BCUT2D eigenvalue weighted by Gasteiger charge is -2.19. The molecule has 0 unspecified atom stereocenters. The molecule has 0 atom stereocenters. The van der Waals surface area contributed by atoms with Crippen molar-refractivity contribution < 1.29 is 27.5 Å². The van der Waals surface area contributed by atoms with Crippen molar-refractivity contribution in [3.8, 4) is 5.88 Å². The van der Waals surface area contributed by atoms with E-state index in [1.807, 2.05) is 0 Å². The van der Waals surface area contributed by atoms with E-state index in [1.54, 1.807) is 19.9 Å². The molecule has 2 aromatic rings. The maximum absolute atomic E-state index is 12.8. The Kier molecular flexibility index (Phi) is 6.10. The number of nitrogens with zero attached hydrogens (tertiary/aromatic N) is 3. The summed E-state index contributed by atoms with van der Waals surface area (Å²) in [6.45, 7) is 1.83. The molecule has 0 radical (unpaired) electrons. The van der Waals surface area contributed by atoms with Crippen LogP contribution >= 0.6 is 11.6 Å². The SMILES string of the molecule is CC(C)(N)C(=O)Nc1nccc2c1CN(Cc1cnc(OCC(F)(F)F)c(Cl)c1)C2=O. The van der Waals surface area contributed by atoms with Gasteiger partial charge in [0.1, 0.15) is 10.8 Å². The number of amides is 2. The number of anilines is 1. The van der Waals surface area contributed by atoms with E-state index < -0.39 is 24.2 Å². The molecule has 2 aromatic heterocycles. The topological polar surface area (TPSA) is 110 Å². The zero-order chi connectivity index (χ0) is 23.0. The van der Waals surface area contributed by atoms with Crippen molar-refractivity contribution in [1.82, 2.24) is 14.9 Å². The summed E-state index contributed by atoms with van der Waals surface area (Å²) in [6.07, 6.45) is -1.83. The first-order valence-corrected chi connectivity index (χ1v) is 9.44. The fourth-order valence-corrected chi connectivity index (χ4v) is 3.06. The normalized spacial score (nSPS) is 13.9. The van der Waals surface area contributed by atoms with Gasteiger partial charge in [-0.05, 0) is 31.5 Å². The van der Waals surface area contributed by atoms with Crippen molar-refractivity contribution in [2.75, 3.05) is 11.9 Å². The van der Waals surface area contributed by atoms with Crippen LogP contribution in [0.5, 0.6) is 5.88 Å². The lowest BCUT2D eigenvalue weighted by atomic mass is 10.1. The third-order valence-electron chi connectivity index (χ3n) is 4.35. The largest absolute Gasteiger partial charge is 0.467 e. The number of carbonyl (C=O) groups is 2. The van der Waals surface area contributed by atoms with E-state index >= 15 is 0 Å².